The third-order valence-electron chi connectivity index (χ3n) is 12.6. The van der Waals surface area contributed by atoms with Crippen LogP contribution >= 0.6 is 23.2 Å². The Morgan fingerprint density at radius 3 is 1.53 bits per heavy atom. The molecule has 2 heterocycles. The summed E-state index contributed by atoms with van der Waals surface area (Å²) < 4.78 is 50.5. The molecule has 15 heteroatoms. The number of aliphatic hydroxyl groups is 1. The smallest absolute Gasteiger partial charge is 0.157 e. The number of nitrogens with zero attached hydrogens (tertiary/aromatic N) is 2. The number of halogens is 4. The molecule has 6 atom stereocenters. The number of aliphatic hydroxyl groups excluding tert-OH is 1. The van der Waals surface area contributed by atoms with Gasteiger partial charge < -0.3 is 45.3 Å². The van der Waals surface area contributed by atoms with Gasteiger partial charge in [0.2, 0.25) is 0 Å². The van der Waals surface area contributed by atoms with Gasteiger partial charge in [0.1, 0.15) is 23.1 Å². The Labute approximate surface area is 439 Å². The van der Waals surface area contributed by atoms with Crippen molar-refractivity contribution in [3.05, 3.63) is 190 Å². The average Bonchev–Trinajstić information content (AvgIpc) is 3.40. The molecule has 0 bridgehead atoms. The van der Waals surface area contributed by atoms with E-state index in [-0.39, 0.29) is 53.8 Å². The normalized spacial score (nSPS) is 17.3. The van der Waals surface area contributed by atoms with Gasteiger partial charge in [-0.05, 0) is 123 Å². The zero-order valence-corrected chi connectivity index (χ0v) is 43.2. The molecule has 2 aliphatic heterocycles. The Balaban J connectivity index is 0.000000207. The Kier molecular flexibility index (Phi) is 23.5. The van der Waals surface area contributed by atoms with Crippen molar-refractivity contribution in [1.29, 1.82) is 0 Å². The van der Waals surface area contributed by atoms with Crippen LogP contribution in [0.2, 0.25) is 10.0 Å². The van der Waals surface area contributed by atoms with Crippen LogP contribution in [-0.4, -0.2) is 89.3 Å². The van der Waals surface area contributed by atoms with E-state index < -0.39 is 6.10 Å². The van der Waals surface area contributed by atoms with Crippen molar-refractivity contribution in [2.45, 2.75) is 102 Å². The number of rotatable bonds is 20. The molecule has 0 aliphatic carbocycles. The molecule has 6 N–H and O–H groups in total. The highest BCUT2D eigenvalue weighted by Crippen LogP contribution is 2.31. The molecule has 0 amide bonds. The molecule has 0 saturated carbocycles. The van der Waals surface area contributed by atoms with Gasteiger partial charge in [0.15, 0.2) is 12.6 Å². The second-order valence-corrected chi connectivity index (χ2v) is 19.3. The molecular formula is C58H70Cl2F2N4O7. The van der Waals surface area contributed by atoms with E-state index in [1.165, 1.54) is 53.6 Å². The summed E-state index contributed by atoms with van der Waals surface area (Å²) in [4.78, 5) is 4.56. The standard InChI is InChI=1S/C29H34ClFN2O3.C23H30FNO3.C6H6ClNO/c1-21(20-36-29-9-5-6-16-35-29)33(18-22-7-3-2-4-8-22)19-28(23-10-12-24(31)13-11-23)32-27-15-14-25(34)17-26(27)30;1-18(17-28-23-9-5-6-14-27-23)25(15-19-7-3-2-4-8-19)16-22(26)20-10-12-21(24)13-11-20;7-5-3-4(9)1-2-6(5)8/h2-4,7-8,10-15,17,21,28-29,32,34H,5-6,9,16,18-20H2,1H3;2-4,7-8,10-13,18,22-23,26H,5-6,9,14-17H2,1H3;1-3,9H,8H2/t21-,28+,29?;18-,22+,23?;/m11./s1. The van der Waals surface area contributed by atoms with Crippen molar-refractivity contribution >= 4 is 34.6 Å². The molecule has 73 heavy (non-hydrogen) atoms. The fourth-order valence-electron chi connectivity index (χ4n) is 8.33. The van der Waals surface area contributed by atoms with Crippen molar-refractivity contribution < 1.29 is 43.0 Å². The van der Waals surface area contributed by atoms with Gasteiger partial charge in [-0.15, -0.1) is 0 Å². The predicted molar refractivity (Wildman–Crippen MR) is 286 cm³/mol. The van der Waals surface area contributed by atoms with Crippen LogP contribution in [0.5, 0.6) is 11.5 Å². The Morgan fingerprint density at radius 1 is 0.616 bits per heavy atom. The highest BCUT2D eigenvalue weighted by molar-refractivity contribution is 6.33. The maximum Gasteiger partial charge on any atom is 0.157 e. The first kappa shape index (κ1) is 57.0. The van der Waals surface area contributed by atoms with Crippen LogP contribution in [0.15, 0.2) is 146 Å². The number of ether oxygens (including phenoxy) is 4. The summed E-state index contributed by atoms with van der Waals surface area (Å²) in [6.45, 7) is 9.32. The van der Waals surface area contributed by atoms with Crippen LogP contribution in [0, 0.1) is 11.6 Å². The average molecular weight is 1040 g/mol. The number of benzene rings is 6. The number of nitrogens with two attached hydrogens (primary N) is 1. The number of phenols is 2. The van der Waals surface area contributed by atoms with Gasteiger partial charge >= 0.3 is 0 Å². The first-order valence-corrected chi connectivity index (χ1v) is 25.8. The maximum atomic E-state index is 13.7. The van der Waals surface area contributed by atoms with Crippen LogP contribution in [0.1, 0.15) is 86.8 Å². The van der Waals surface area contributed by atoms with Crippen LogP contribution in [-0.2, 0) is 32.0 Å². The predicted octanol–water partition coefficient (Wildman–Crippen LogP) is 12.7. The lowest BCUT2D eigenvalue weighted by Crippen LogP contribution is -2.41. The molecule has 0 radical (unpaired) electrons. The first-order chi connectivity index (χ1) is 35.3. The summed E-state index contributed by atoms with van der Waals surface area (Å²) in [5.74, 6) is -0.346. The van der Waals surface area contributed by atoms with Gasteiger partial charge in [-0.1, -0.05) is 108 Å². The minimum absolute atomic E-state index is 0.0933. The van der Waals surface area contributed by atoms with Crippen LogP contribution in [0.4, 0.5) is 20.2 Å². The molecular weight excluding hydrogens is 974 g/mol. The summed E-state index contributed by atoms with van der Waals surface area (Å²) in [5, 5.41) is 33.6. The van der Waals surface area contributed by atoms with Crippen LogP contribution in [0.3, 0.4) is 0 Å². The molecule has 392 valence electrons. The highest BCUT2D eigenvalue weighted by Gasteiger charge is 2.25. The monoisotopic (exact) mass is 1040 g/mol. The fourth-order valence-corrected chi connectivity index (χ4v) is 8.73. The number of hydrogen-bond donors (Lipinski definition) is 5. The quantitative estimate of drug-likeness (QED) is 0.0368. The van der Waals surface area contributed by atoms with Gasteiger partial charge in [-0.2, -0.15) is 0 Å². The number of anilines is 2. The number of nitrogens with one attached hydrogen (secondary N) is 1. The molecule has 11 nitrogen and oxygen atoms in total. The van der Waals surface area contributed by atoms with E-state index in [2.05, 4.69) is 53.2 Å². The van der Waals surface area contributed by atoms with E-state index in [9.17, 15) is 19.0 Å². The molecule has 6 aromatic carbocycles. The Morgan fingerprint density at radius 2 is 1.08 bits per heavy atom. The lowest BCUT2D eigenvalue weighted by molar-refractivity contribution is -0.170. The summed E-state index contributed by atoms with van der Waals surface area (Å²) in [6, 6.07) is 42.3. The van der Waals surface area contributed by atoms with E-state index in [0.29, 0.717) is 59.8 Å². The van der Waals surface area contributed by atoms with E-state index in [1.807, 2.05) is 36.4 Å². The van der Waals surface area contributed by atoms with E-state index in [0.717, 1.165) is 63.8 Å². The second kappa shape index (κ2) is 30.1. The minimum atomic E-state index is -0.697. The summed E-state index contributed by atoms with van der Waals surface area (Å²) >= 11 is 11.9. The highest BCUT2D eigenvalue weighted by atomic mass is 35.5. The molecule has 6 aromatic rings. The molecule has 2 unspecified atom stereocenters. The van der Waals surface area contributed by atoms with Crippen molar-refractivity contribution in [1.82, 2.24) is 9.80 Å². The molecule has 2 saturated heterocycles. The van der Waals surface area contributed by atoms with Crippen molar-refractivity contribution in [3.63, 3.8) is 0 Å². The van der Waals surface area contributed by atoms with Gasteiger partial charge in [-0.3, -0.25) is 9.80 Å². The lowest BCUT2D eigenvalue weighted by Gasteiger charge is -2.34. The number of aromatic hydroxyl groups is 2. The molecule has 2 aliphatic rings. The zero-order chi connectivity index (χ0) is 52.0. The topological polar surface area (TPSA) is 142 Å². The summed E-state index contributed by atoms with van der Waals surface area (Å²) in [7, 11) is 0. The Bertz CT molecular complexity index is 2490. The second-order valence-electron chi connectivity index (χ2n) is 18.5. The van der Waals surface area contributed by atoms with Crippen molar-refractivity contribution in [3.8, 4) is 11.5 Å². The molecule has 0 aromatic heterocycles. The molecule has 2 fully saturated rings. The number of hydrogen-bond acceptors (Lipinski definition) is 11. The Hall–Kier alpha value is -5.32. The first-order valence-electron chi connectivity index (χ1n) is 25.0. The largest absolute Gasteiger partial charge is 0.508 e. The third-order valence-corrected chi connectivity index (χ3v) is 13.3. The maximum absolute atomic E-state index is 13.7. The summed E-state index contributed by atoms with van der Waals surface area (Å²) in [6.07, 6.45) is 5.32. The number of phenolic OH excluding ortho intramolecular Hbond substituents is 2. The van der Waals surface area contributed by atoms with Crippen LogP contribution in [0.25, 0.3) is 0 Å². The van der Waals surface area contributed by atoms with E-state index in [4.69, 9.17) is 53.0 Å². The SMILES string of the molecule is C[C@H](COC1CCCCO1)N(Cc1ccccc1)C[C@H](Nc1ccc(O)cc1Cl)c1ccc(F)cc1.C[C@H](COC1CCCCO1)N(Cc1ccccc1)C[C@H](O)c1ccc(F)cc1.Nc1ccc(O)cc1Cl. The molecule has 0 spiro atoms. The minimum Gasteiger partial charge on any atom is -0.508 e. The molecule has 8 rings (SSSR count). The van der Waals surface area contributed by atoms with E-state index >= 15 is 0 Å². The van der Waals surface area contributed by atoms with Gasteiger partial charge in [-0.25, -0.2) is 8.78 Å². The zero-order valence-electron chi connectivity index (χ0n) is 41.7. The van der Waals surface area contributed by atoms with Gasteiger partial charge in [0.05, 0.1) is 46.8 Å². The third kappa shape index (κ3) is 19.8. The fraction of sp³-hybridized carbons (Fsp3) is 0.379. The van der Waals surface area contributed by atoms with Gasteiger partial charge in [0, 0.05) is 63.6 Å². The lowest BCUT2D eigenvalue weighted by atomic mass is 10.0. The van der Waals surface area contributed by atoms with E-state index in [1.54, 1.807) is 42.5 Å². The van der Waals surface area contributed by atoms with Crippen LogP contribution < -0.4 is 11.1 Å². The van der Waals surface area contributed by atoms with Crippen molar-refractivity contribution in [2.75, 3.05) is 50.6 Å². The summed E-state index contributed by atoms with van der Waals surface area (Å²) in [5.41, 5.74) is 10.5. The van der Waals surface area contributed by atoms with Crippen molar-refractivity contribution in [2.24, 2.45) is 0 Å². The number of nitrogen functional groups attached to an aromatic ring is 1. The van der Waals surface area contributed by atoms with Gasteiger partial charge in [0.25, 0.3) is 0 Å².